The zero-order valence-electron chi connectivity index (χ0n) is 6.54. The zero-order valence-corrected chi connectivity index (χ0v) is 8.05. The maximum absolute atomic E-state index is 10.5. The first kappa shape index (κ1) is 8.97. The Morgan fingerprint density at radius 2 is 2.46 bits per heavy atom. The molecule has 0 spiro atoms. The van der Waals surface area contributed by atoms with E-state index in [0.717, 1.165) is 6.42 Å². The third-order valence-corrected chi connectivity index (χ3v) is 3.11. The van der Waals surface area contributed by atoms with Crippen molar-refractivity contribution in [3.05, 3.63) is 21.9 Å². The molecule has 1 aliphatic carbocycles. The molecule has 13 heavy (non-hydrogen) atoms. The molecule has 0 aromatic rings. The van der Waals surface area contributed by atoms with Crippen molar-refractivity contribution in [2.45, 2.75) is 17.8 Å². The average molecular weight is 221 g/mol. The van der Waals surface area contributed by atoms with E-state index in [0.29, 0.717) is 6.42 Å². The number of hydrogen-bond donors (Lipinski definition) is 0. The molecule has 0 aromatic carbocycles. The number of nitro groups is 1. The SMILES string of the molecule is O=[N+]([O-])C1=CCC2CC2(Cl)N=C1Cl. The quantitative estimate of drug-likeness (QED) is 0.295. The van der Waals surface area contributed by atoms with E-state index in [1.165, 1.54) is 6.08 Å². The van der Waals surface area contributed by atoms with E-state index in [1.54, 1.807) is 0 Å². The Bertz CT molecular complexity index is 339. The van der Waals surface area contributed by atoms with Crippen molar-refractivity contribution >= 4 is 28.4 Å². The van der Waals surface area contributed by atoms with Gasteiger partial charge in [-0.25, -0.2) is 4.99 Å². The lowest BCUT2D eigenvalue weighted by atomic mass is 10.2. The molecule has 2 unspecified atom stereocenters. The number of fused-ring (bicyclic) bond motifs is 1. The Labute approximate surface area is 84.4 Å². The van der Waals surface area contributed by atoms with Crippen molar-refractivity contribution in [2.75, 3.05) is 0 Å². The summed E-state index contributed by atoms with van der Waals surface area (Å²) in [5.41, 5.74) is -0.131. The lowest BCUT2D eigenvalue weighted by molar-refractivity contribution is -0.414. The number of hydrogen-bond acceptors (Lipinski definition) is 3. The van der Waals surface area contributed by atoms with Crippen LogP contribution in [0, 0.1) is 16.0 Å². The van der Waals surface area contributed by atoms with Gasteiger partial charge in [0.25, 0.3) is 0 Å². The molecule has 0 amide bonds. The van der Waals surface area contributed by atoms with Gasteiger partial charge >= 0.3 is 5.70 Å². The summed E-state index contributed by atoms with van der Waals surface area (Å²) in [5, 5.41) is 10.4. The van der Waals surface area contributed by atoms with E-state index in [-0.39, 0.29) is 16.8 Å². The van der Waals surface area contributed by atoms with Crippen LogP contribution in [-0.4, -0.2) is 15.1 Å². The summed E-state index contributed by atoms with van der Waals surface area (Å²) in [6.45, 7) is 0. The van der Waals surface area contributed by atoms with Gasteiger partial charge in [-0.2, -0.15) is 0 Å². The second-order valence-electron chi connectivity index (χ2n) is 3.20. The highest BCUT2D eigenvalue weighted by Gasteiger charge is 2.54. The summed E-state index contributed by atoms with van der Waals surface area (Å²) in [7, 11) is 0. The molecule has 0 radical (unpaired) electrons. The number of alkyl halides is 1. The van der Waals surface area contributed by atoms with Gasteiger partial charge in [0.1, 0.15) is 5.00 Å². The second-order valence-corrected chi connectivity index (χ2v) is 4.22. The molecular formula is C7H6Cl2N2O2. The number of aliphatic imine (C=N–C) groups is 1. The Morgan fingerprint density at radius 3 is 3.08 bits per heavy atom. The van der Waals surface area contributed by atoms with E-state index in [4.69, 9.17) is 23.2 Å². The maximum atomic E-state index is 10.5. The topological polar surface area (TPSA) is 55.5 Å². The minimum absolute atomic E-state index is 0.0833. The fraction of sp³-hybridized carbons (Fsp3) is 0.571. The van der Waals surface area contributed by atoms with Crippen molar-refractivity contribution < 1.29 is 4.92 Å². The van der Waals surface area contributed by atoms with E-state index in [9.17, 15) is 10.1 Å². The first-order valence-corrected chi connectivity index (χ1v) is 4.58. The molecule has 70 valence electrons. The summed E-state index contributed by atoms with van der Waals surface area (Å²) in [6.07, 6.45) is 2.83. The molecule has 6 heteroatoms. The van der Waals surface area contributed by atoms with Gasteiger partial charge in [0.15, 0.2) is 0 Å². The molecule has 0 saturated heterocycles. The van der Waals surface area contributed by atoms with Crippen molar-refractivity contribution in [3.63, 3.8) is 0 Å². The first-order chi connectivity index (χ1) is 6.03. The highest BCUT2D eigenvalue weighted by Crippen LogP contribution is 2.54. The number of halogens is 2. The molecule has 1 saturated carbocycles. The lowest BCUT2D eigenvalue weighted by Crippen LogP contribution is -2.07. The Morgan fingerprint density at radius 1 is 1.77 bits per heavy atom. The highest BCUT2D eigenvalue weighted by atomic mass is 35.5. The molecule has 1 fully saturated rings. The van der Waals surface area contributed by atoms with Gasteiger partial charge in [-0.3, -0.25) is 10.1 Å². The van der Waals surface area contributed by atoms with Crippen molar-refractivity contribution in [1.29, 1.82) is 0 Å². The molecule has 0 bridgehead atoms. The molecule has 2 atom stereocenters. The van der Waals surface area contributed by atoms with Gasteiger partial charge in [-0.05, 0) is 18.9 Å². The summed E-state index contributed by atoms with van der Waals surface area (Å²) in [6, 6.07) is 0. The lowest BCUT2D eigenvalue weighted by Gasteiger charge is -1.98. The van der Waals surface area contributed by atoms with Crippen LogP contribution in [0.3, 0.4) is 0 Å². The van der Waals surface area contributed by atoms with E-state index >= 15 is 0 Å². The van der Waals surface area contributed by atoms with Gasteiger partial charge in [-0.15, -0.1) is 0 Å². The molecule has 1 aliphatic heterocycles. The van der Waals surface area contributed by atoms with Crippen LogP contribution in [0.4, 0.5) is 0 Å². The molecular weight excluding hydrogens is 215 g/mol. The summed E-state index contributed by atoms with van der Waals surface area (Å²) < 4.78 is 0. The summed E-state index contributed by atoms with van der Waals surface area (Å²) in [5.74, 6) is 0.209. The molecule has 0 aromatic heterocycles. The van der Waals surface area contributed by atoms with Crippen LogP contribution in [0.15, 0.2) is 16.8 Å². The first-order valence-electron chi connectivity index (χ1n) is 3.82. The highest BCUT2D eigenvalue weighted by molar-refractivity contribution is 6.69. The second kappa shape index (κ2) is 2.69. The van der Waals surface area contributed by atoms with Gasteiger partial charge < -0.3 is 0 Å². The fourth-order valence-corrected chi connectivity index (χ4v) is 2.10. The molecule has 0 N–H and O–H groups in total. The third kappa shape index (κ3) is 1.44. The molecule has 2 rings (SSSR count). The largest absolute Gasteiger partial charge is 0.302 e. The Hall–Kier alpha value is -0.610. The monoisotopic (exact) mass is 220 g/mol. The van der Waals surface area contributed by atoms with E-state index < -0.39 is 9.92 Å². The van der Waals surface area contributed by atoms with Crippen LogP contribution in [-0.2, 0) is 0 Å². The Balaban J connectivity index is 2.33. The number of rotatable bonds is 1. The predicted molar refractivity (Wildman–Crippen MR) is 49.7 cm³/mol. The Kier molecular flexibility index (Phi) is 1.85. The van der Waals surface area contributed by atoms with Crippen molar-refractivity contribution in [1.82, 2.24) is 0 Å². The van der Waals surface area contributed by atoms with E-state index in [2.05, 4.69) is 4.99 Å². The smallest absolute Gasteiger partial charge is 0.258 e. The van der Waals surface area contributed by atoms with Gasteiger partial charge in [0.2, 0.25) is 5.17 Å². The van der Waals surface area contributed by atoms with Crippen LogP contribution < -0.4 is 0 Å². The molecule has 1 heterocycles. The standard InChI is InChI=1S/C7H6Cl2N2O2/c8-6-5(11(12)13)2-1-4-3-7(4,9)10-6/h2,4H,1,3H2. The van der Waals surface area contributed by atoms with Gasteiger partial charge in [0.05, 0.1) is 4.92 Å². The molecule has 2 aliphatic rings. The maximum Gasteiger partial charge on any atom is 0.302 e. The molecule has 4 nitrogen and oxygen atoms in total. The minimum Gasteiger partial charge on any atom is -0.258 e. The number of allylic oxidation sites excluding steroid dienone is 2. The van der Waals surface area contributed by atoms with Gasteiger partial charge in [0, 0.05) is 5.92 Å². The summed E-state index contributed by atoms with van der Waals surface area (Å²) in [4.78, 5) is 13.2. The van der Waals surface area contributed by atoms with E-state index in [1.807, 2.05) is 0 Å². The average Bonchev–Trinajstić information content (AvgIpc) is 2.59. The van der Waals surface area contributed by atoms with Crippen LogP contribution in [0.1, 0.15) is 12.8 Å². The van der Waals surface area contributed by atoms with Crippen LogP contribution >= 0.6 is 23.2 Å². The van der Waals surface area contributed by atoms with Crippen LogP contribution in [0.25, 0.3) is 0 Å². The third-order valence-electron chi connectivity index (χ3n) is 2.29. The fourth-order valence-electron chi connectivity index (χ4n) is 1.40. The van der Waals surface area contributed by atoms with Crippen LogP contribution in [0.5, 0.6) is 0 Å². The van der Waals surface area contributed by atoms with Gasteiger partial charge in [-0.1, -0.05) is 23.2 Å². The normalized spacial score (nSPS) is 36.9. The minimum atomic E-state index is -0.661. The van der Waals surface area contributed by atoms with Crippen LogP contribution in [0.2, 0.25) is 0 Å². The summed E-state index contributed by atoms with van der Waals surface area (Å²) >= 11 is 11.6. The number of nitrogens with zero attached hydrogens (tertiary/aromatic N) is 2. The van der Waals surface area contributed by atoms with Crippen molar-refractivity contribution in [2.24, 2.45) is 10.9 Å². The zero-order chi connectivity index (χ0) is 9.64. The predicted octanol–water partition coefficient (Wildman–Crippen LogP) is 2.14. The van der Waals surface area contributed by atoms with Crippen molar-refractivity contribution in [3.8, 4) is 0 Å².